The number of rotatable bonds is 5. The maximum atomic E-state index is 12.8. The molecule has 2 saturated heterocycles. The Morgan fingerprint density at radius 1 is 1.04 bits per heavy atom. The topological polar surface area (TPSA) is 59.1 Å². The Labute approximate surface area is 154 Å². The van der Waals surface area contributed by atoms with Crippen LogP contribution < -0.4 is 9.47 Å². The summed E-state index contributed by atoms with van der Waals surface area (Å²) in [5.74, 6) is 1.79. The summed E-state index contributed by atoms with van der Waals surface area (Å²) < 4.78 is 11.2. The molecule has 6 heteroatoms. The number of benzene rings is 1. The van der Waals surface area contributed by atoms with Gasteiger partial charge in [-0.1, -0.05) is 0 Å². The molecule has 6 nitrogen and oxygen atoms in total. The van der Waals surface area contributed by atoms with Crippen molar-refractivity contribution in [2.45, 2.75) is 44.2 Å². The van der Waals surface area contributed by atoms with E-state index in [9.17, 15) is 9.59 Å². The van der Waals surface area contributed by atoms with Crippen LogP contribution in [0.3, 0.4) is 0 Å². The first-order chi connectivity index (χ1) is 12.6. The molecular formula is C20H26N2O4. The van der Waals surface area contributed by atoms with Crippen molar-refractivity contribution >= 4 is 11.8 Å². The van der Waals surface area contributed by atoms with Crippen LogP contribution in [0.25, 0.3) is 0 Å². The first-order valence-electron chi connectivity index (χ1n) is 9.53. The molecule has 1 aromatic rings. The van der Waals surface area contributed by atoms with Crippen molar-refractivity contribution in [1.82, 2.24) is 9.80 Å². The smallest absolute Gasteiger partial charge is 0.227 e. The zero-order valence-corrected chi connectivity index (χ0v) is 15.2. The molecule has 0 spiro atoms. The lowest BCUT2D eigenvalue weighted by molar-refractivity contribution is -0.137. The van der Waals surface area contributed by atoms with Crippen molar-refractivity contribution in [1.29, 1.82) is 0 Å². The van der Waals surface area contributed by atoms with Crippen LogP contribution in [0.4, 0.5) is 0 Å². The van der Waals surface area contributed by atoms with Crippen molar-refractivity contribution in [3.63, 3.8) is 0 Å². The molecule has 1 atom stereocenters. The molecule has 1 aliphatic carbocycles. The molecule has 0 aromatic heterocycles. The van der Waals surface area contributed by atoms with E-state index in [0.29, 0.717) is 32.1 Å². The van der Waals surface area contributed by atoms with Crippen LogP contribution >= 0.6 is 0 Å². The highest BCUT2D eigenvalue weighted by atomic mass is 16.5. The number of methoxy groups -OCH3 is 1. The van der Waals surface area contributed by atoms with Crippen molar-refractivity contribution in [2.75, 3.05) is 26.7 Å². The molecule has 2 heterocycles. The Hall–Kier alpha value is -2.24. The minimum Gasteiger partial charge on any atom is -0.497 e. The fraction of sp³-hybridized carbons (Fsp3) is 0.600. The molecule has 3 aliphatic rings. The number of amides is 2. The second kappa shape index (κ2) is 7.17. The van der Waals surface area contributed by atoms with E-state index in [1.807, 2.05) is 34.1 Å². The second-order valence-corrected chi connectivity index (χ2v) is 7.50. The maximum Gasteiger partial charge on any atom is 0.227 e. The van der Waals surface area contributed by atoms with Crippen LogP contribution in [0.5, 0.6) is 11.5 Å². The van der Waals surface area contributed by atoms with Gasteiger partial charge in [0, 0.05) is 44.9 Å². The monoisotopic (exact) mass is 358 g/mol. The third-order valence-corrected chi connectivity index (χ3v) is 5.61. The summed E-state index contributed by atoms with van der Waals surface area (Å²) in [5, 5.41) is 0. The Bertz CT molecular complexity index is 663. The van der Waals surface area contributed by atoms with Crippen LogP contribution in [0, 0.1) is 5.92 Å². The van der Waals surface area contributed by atoms with Gasteiger partial charge in [0.25, 0.3) is 0 Å². The van der Waals surface area contributed by atoms with Crippen molar-refractivity contribution < 1.29 is 19.1 Å². The minimum atomic E-state index is -0.151. The van der Waals surface area contributed by atoms with E-state index < -0.39 is 0 Å². The number of ether oxygens (including phenoxy) is 2. The summed E-state index contributed by atoms with van der Waals surface area (Å²) >= 11 is 0. The van der Waals surface area contributed by atoms with Gasteiger partial charge >= 0.3 is 0 Å². The van der Waals surface area contributed by atoms with Gasteiger partial charge in [-0.25, -0.2) is 0 Å². The molecule has 0 radical (unpaired) electrons. The van der Waals surface area contributed by atoms with Crippen LogP contribution in [0.15, 0.2) is 24.3 Å². The zero-order chi connectivity index (χ0) is 18.1. The lowest BCUT2D eigenvalue weighted by atomic mass is 10.0. The third-order valence-electron chi connectivity index (χ3n) is 5.61. The molecule has 0 bridgehead atoms. The highest BCUT2D eigenvalue weighted by Gasteiger charge is 2.43. The molecule has 2 amide bonds. The normalized spacial score (nSPS) is 24.0. The van der Waals surface area contributed by atoms with Crippen LogP contribution in [0.2, 0.25) is 0 Å². The molecule has 0 N–H and O–H groups in total. The van der Waals surface area contributed by atoms with Gasteiger partial charge in [-0.3, -0.25) is 9.59 Å². The maximum absolute atomic E-state index is 12.8. The Morgan fingerprint density at radius 3 is 2.31 bits per heavy atom. The third kappa shape index (κ3) is 3.64. The molecular weight excluding hydrogens is 332 g/mol. The Morgan fingerprint density at radius 2 is 1.69 bits per heavy atom. The first-order valence-corrected chi connectivity index (χ1v) is 9.53. The molecule has 3 fully saturated rings. The summed E-state index contributed by atoms with van der Waals surface area (Å²) in [6, 6.07) is 8.00. The summed E-state index contributed by atoms with van der Waals surface area (Å²) in [6.07, 6.45) is 4.36. The quantitative estimate of drug-likeness (QED) is 0.809. The van der Waals surface area contributed by atoms with Gasteiger partial charge in [-0.15, -0.1) is 0 Å². The van der Waals surface area contributed by atoms with Crippen molar-refractivity contribution in [3.05, 3.63) is 24.3 Å². The fourth-order valence-electron chi connectivity index (χ4n) is 3.94. The van der Waals surface area contributed by atoms with Gasteiger partial charge in [-0.2, -0.15) is 0 Å². The van der Waals surface area contributed by atoms with Crippen LogP contribution in [-0.2, 0) is 9.59 Å². The van der Waals surface area contributed by atoms with E-state index in [-0.39, 0.29) is 23.8 Å². The van der Waals surface area contributed by atoms with Crippen molar-refractivity contribution in [3.8, 4) is 11.5 Å². The zero-order valence-electron chi connectivity index (χ0n) is 15.2. The van der Waals surface area contributed by atoms with E-state index in [1.165, 1.54) is 0 Å². The summed E-state index contributed by atoms with van der Waals surface area (Å²) in [6.45, 7) is 2.02. The first kappa shape index (κ1) is 17.2. The molecule has 0 unspecified atom stereocenters. The van der Waals surface area contributed by atoms with Crippen molar-refractivity contribution in [2.24, 2.45) is 5.92 Å². The molecule has 140 valence electrons. The summed E-state index contributed by atoms with van der Waals surface area (Å²) in [5.41, 5.74) is 0. The number of nitrogens with zero attached hydrogens (tertiary/aromatic N) is 2. The highest BCUT2D eigenvalue weighted by molar-refractivity contribution is 5.89. The minimum absolute atomic E-state index is 0.126. The lowest BCUT2D eigenvalue weighted by Gasteiger charge is -2.33. The largest absolute Gasteiger partial charge is 0.497 e. The van der Waals surface area contributed by atoms with Crippen LogP contribution in [0.1, 0.15) is 32.1 Å². The number of piperidine rings is 1. The lowest BCUT2D eigenvalue weighted by Crippen LogP contribution is -2.45. The number of hydrogen-bond acceptors (Lipinski definition) is 4. The standard InChI is InChI=1S/C20H26N2O4/c1-25-16-4-6-17(7-5-16)26-18-8-10-21(11-9-18)20(24)14-12-19(23)22(13-14)15-2-3-15/h4-7,14-15,18H,2-3,8-13H2,1H3/t14-/m0/s1. The van der Waals surface area contributed by atoms with E-state index >= 15 is 0 Å². The SMILES string of the molecule is COc1ccc(OC2CCN(C(=O)[C@H]3CC(=O)N(C4CC4)C3)CC2)cc1. The highest BCUT2D eigenvalue weighted by Crippen LogP contribution is 2.33. The van der Waals surface area contributed by atoms with Gasteiger partial charge in [0.05, 0.1) is 13.0 Å². The van der Waals surface area contributed by atoms with E-state index in [0.717, 1.165) is 37.2 Å². The summed E-state index contributed by atoms with van der Waals surface area (Å²) in [7, 11) is 1.64. The number of carbonyl (C=O) groups is 2. The van der Waals surface area contributed by atoms with E-state index in [2.05, 4.69) is 0 Å². The second-order valence-electron chi connectivity index (χ2n) is 7.50. The molecule has 1 aromatic carbocycles. The van der Waals surface area contributed by atoms with Gasteiger partial charge < -0.3 is 19.3 Å². The van der Waals surface area contributed by atoms with Gasteiger partial charge in [0.2, 0.25) is 11.8 Å². The average Bonchev–Trinajstić information content (AvgIpc) is 3.44. The van der Waals surface area contributed by atoms with Gasteiger partial charge in [0.1, 0.15) is 17.6 Å². The fourth-order valence-corrected chi connectivity index (χ4v) is 3.94. The van der Waals surface area contributed by atoms with E-state index in [1.54, 1.807) is 7.11 Å². The number of hydrogen-bond donors (Lipinski definition) is 0. The average molecular weight is 358 g/mol. The summed E-state index contributed by atoms with van der Waals surface area (Å²) in [4.78, 5) is 28.7. The molecule has 1 saturated carbocycles. The molecule has 26 heavy (non-hydrogen) atoms. The van der Waals surface area contributed by atoms with E-state index in [4.69, 9.17) is 9.47 Å². The number of likely N-dealkylation sites (tertiary alicyclic amines) is 2. The molecule has 4 rings (SSSR count). The van der Waals surface area contributed by atoms with Gasteiger partial charge in [-0.05, 0) is 37.1 Å². The Kier molecular flexibility index (Phi) is 4.74. The number of carbonyl (C=O) groups excluding carboxylic acids is 2. The predicted octanol–water partition coefficient (Wildman–Crippen LogP) is 2.08. The van der Waals surface area contributed by atoms with Crippen LogP contribution in [-0.4, -0.2) is 60.5 Å². The Balaban J connectivity index is 1.26. The van der Waals surface area contributed by atoms with Gasteiger partial charge in [0.15, 0.2) is 0 Å². The molecule has 2 aliphatic heterocycles. The predicted molar refractivity (Wildman–Crippen MR) is 96.1 cm³/mol.